The van der Waals surface area contributed by atoms with Crippen molar-refractivity contribution < 1.29 is 9.59 Å². The molecule has 6 nitrogen and oxygen atoms in total. The summed E-state index contributed by atoms with van der Waals surface area (Å²) in [5, 5.41) is 5.22. The molecule has 2 amide bonds. The maximum Gasteiger partial charge on any atom is 0.334 e. The zero-order valence-electron chi connectivity index (χ0n) is 5.03. The van der Waals surface area contributed by atoms with E-state index in [-0.39, 0.29) is 13.1 Å². The smallest absolute Gasteiger partial charge is 0.334 e. The Balaban J connectivity index is 2.68. The van der Waals surface area contributed by atoms with Crippen LogP contribution in [0.4, 0.5) is 0 Å². The van der Waals surface area contributed by atoms with Crippen LogP contribution in [0.5, 0.6) is 0 Å². The number of hydrogen-bond donors (Lipinski definition) is 1. The van der Waals surface area contributed by atoms with E-state index in [0.29, 0.717) is 5.01 Å². The summed E-state index contributed by atoms with van der Waals surface area (Å²) in [6.07, 6.45) is 0. The van der Waals surface area contributed by atoms with Crippen molar-refractivity contribution in [3.63, 3.8) is 0 Å². The van der Waals surface area contributed by atoms with Gasteiger partial charge in [-0.2, -0.15) is 5.01 Å². The molecule has 0 bridgehead atoms. The van der Waals surface area contributed by atoms with E-state index in [1.165, 1.54) is 0 Å². The summed E-state index contributed by atoms with van der Waals surface area (Å²) in [4.78, 5) is 30.8. The first kappa shape index (κ1) is 6.66. The molecule has 0 unspecified atom stereocenters. The molecule has 1 rings (SSSR count). The quantitative estimate of drug-likeness (QED) is 0.363. The highest BCUT2D eigenvalue weighted by Crippen LogP contribution is 1.94. The molecule has 0 radical (unpaired) electrons. The standard InChI is InChI=1S/C4H5N3O3/c8-3-4(9)7(6-10)2-1-5-3/h1-2H2,(H,5,8). The van der Waals surface area contributed by atoms with Crippen LogP contribution in [-0.4, -0.2) is 29.9 Å². The van der Waals surface area contributed by atoms with Crippen LogP contribution in [0.15, 0.2) is 5.29 Å². The second-order valence-electron chi connectivity index (χ2n) is 1.77. The molecule has 0 atom stereocenters. The summed E-state index contributed by atoms with van der Waals surface area (Å²) in [7, 11) is 0. The van der Waals surface area contributed by atoms with Crippen LogP contribution in [0, 0.1) is 4.91 Å². The molecule has 6 heteroatoms. The third kappa shape index (κ3) is 0.949. The lowest BCUT2D eigenvalue weighted by molar-refractivity contribution is -0.148. The van der Waals surface area contributed by atoms with Gasteiger partial charge in [0.1, 0.15) is 0 Å². The van der Waals surface area contributed by atoms with Gasteiger partial charge >= 0.3 is 11.8 Å². The highest BCUT2D eigenvalue weighted by atomic mass is 16.3. The zero-order chi connectivity index (χ0) is 7.56. The van der Waals surface area contributed by atoms with Gasteiger partial charge in [0.25, 0.3) is 0 Å². The third-order valence-electron chi connectivity index (χ3n) is 1.14. The van der Waals surface area contributed by atoms with Gasteiger partial charge in [0.2, 0.25) is 0 Å². The molecule has 0 saturated carbocycles. The number of amides is 2. The number of hydrogen-bond acceptors (Lipinski definition) is 4. The number of nitrogens with zero attached hydrogens (tertiary/aromatic N) is 2. The summed E-state index contributed by atoms with van der Waals surface area (Å²) in [6.45, 7) is 0.449. The van der Waals surface area contributed by atoms with Gasteiger partial charge < -0.3 is 5.32 Å². The van der Waals surface area contributed by atoms with Crippen molar-refractivity contribution in [3.8, 4) is 0 Å². The number of nitrogens with one attached hydrogen (secondary N) is 1. The molecule has 0 spiro atoms. The third-order valence-corrected chi connectivity index (χ3v) is 1.14. The molecule has 0 aromatic carbocycles. The van der Waals surface area contributed by atoms with Gasteiger partial charge in [-0.05, 0) is 0 Å². The monoisotopic (exact) mass is 143 g/mol. The molecule has 0 aromatic rings. The molecule has 1 heterocycles. The molecule has 10 heavy (non-hydrogen) atoms. The molecular weight excluding hydrogens is 138 g/mol. The number of nitroso groups, excluding NO2 is 1. The lowest BCUT2D eigenvalue weighted by Crippen LogP contribution is -2.49. The van der Waals surface area contributed by atoms with E-state index in [2.05, 4.69) is 10.6 Å². The van der Waals surface area contributed by atoms with Crippen LogP contribution < -0.4 is 5.32 Å². The fourth-order valence-electron chi connectivity index (χ4n) is 0.648. The van der Waals surface area contributed by atoms with Crippen molar-refractivity contribution in [1.29, 1.82) is 0 Å². The van der Waals surface area contributed by atoms with E-state index in [9.17, 15) is 14.5 Å². The SMILES string of the molecule is O=NN1CCNC(=O)C1=O. The van der Waals surface area contributed by atoms with Crippen LogP contribution in [0.25, 0.3) is 0 Å². The predicted octanol–water partition coefficient (Wildman–Crippen LogP) is -1.37. The Labute approximate surface area is 56.1 Å². The Morgan fingerprint density at radius 2 is 2.20 bits per heavy atom. The Bertz CT molecular complexity index is 190. The van der Waals surface area contributed by atoms with Crippen LogP contribution in [0.3, 0.4) is 0 Å². The zero-order valence-corrected chi connectivity index (χ0v) is 5.03. The van der Waals surface area contributed by atoms with E-state index in [1.807, 2.05) is 0 Å². The Morgan fingerprint density at radius 1 is 1.50 bits per heavy atom. The Morgan fingerprint density at radius 3 is 2.70 bits per heavy atom. The van der Waals surface area contributed by atoms with E-state index >= 15 is 0 Å². The lowest BCUT2D eigenvalue weighted by Gasteiger charge is -2.17. The van der Waals surface area contributed by atoms with Crippen molar-refractivity contribution in [2.24, 2.45) is 5.29 Å². The molecule has 1 fully saturated rings. The first-order valence-corrected chi connectivity index (χ1v) is 2.68. The normalized spacial score (nSPS) is 18.6. The lowest BCUT2D eigenvalue weighted by atomic mass is 10.4. The molecule has 1 saturated heterocycles. The van der Waals surface area contributed by atoms with Crippen LogP contribution >= 0.6 is 0 Å². The highest BCUT2D eigenvalue weighted by Gasteiger charge is 2.26. The summed E-state index contributed by atoms with van der Waals surface area (Å²) in [5.41, 5.74) is 0. The molecule has 54 valence electrons. The van der Waals surface area contributed by atoms with Gasteiger partial charge in [0.05, 0.1) is 11.8 Å². The van der Waals surface area contributed by atoms with Crippen molar-refractivity contribution in [2.45, 2.75) is 0 Å². The van der Waals surface area contributed by atoms with Gasteiger partial charge in [-0.3, -0.25) is 9.59 Å². The van der Waals surface area contributed by atoms with Gasteiger partial charge in [0, 0.05) is 6.54 Å². The van der Waals surface area contributed by atoms with Gasteiger partial charge in [-0.25, -0.2) is 0 Å². The summed E-state index contributed by atoms with van der Waals surface area (Å²) >= 11 is 0. The first-order valence-electron chi connectivity index (χ1n) is 2.68. The Hall–Kier alpha value is -1.46. The highest BCUT2D eigenvalue weighted by molar-refractivity contribution is 6.35. The maximum atomic E-state index is 10.6. The van der Waals surface area contributed by atoms with Crippen molar-refractivity contribution >= 4 is 11.8 Å². The van der Waals surface area contributed by atoms with Crippen molar-refractivity contribution in [2.75, 3.05) is 13.1 Å². The minimum atomic E-state index is -0.888. The summed E-state index contributed by atoms with van der Waals surface area (Å²) in [5.74, 6) is -1.66. The van der Waals surface area contributed by atoms with Crippen molar-refractivity contribution in [3.05, 3.63) is 4.91 Å². The fourth-order valence-corrected chi connectivity index (χ4v) is 0.648. The largest absolute Gasteiger partial charge is 0.346 e. The minimum absolute atomic E-state index is 0.161. The molecule has 1 N–H and O–H groups in total. The van der Waals surface area contributed by atoms with E-state index in [0.717, 1.165) is 0 Å². The van der Waals surface area contributed by atoms with Crippen molar-refractivity contribution in [1.82, 2.24) is 10.3 Å². The molecular formula is C4H5N3O3. The van der Waals surface area contributed by atoms with Gasteiger partial charge in [-0.15, -0.1) is 4.91 Å². The van der Waals surface area contributed by atoms with E-state index < -0.39 is 11.8 Å². The first-order chi connectivity index (χ1) is 4.75. The molecule has 1 aliphatic heterocycles. The molecule has 1 aliphatic rings. The topological polar surface area (TPSA) is 78.8 Å². The summed E-state index contributed by atoms with van der Waals surface area (Å²) in [6, 6.07) is 0. The minimum Gasteiger partial charge on any atom is -0.346 e. The molecule has 0 aliphatic carbocycles. The molecule has 0 aromatic heterocycles. The van der Waals surface area contributed by atoms with Crippen LogP contribution in [-0.2, 0) is 9.59 Å². The van der Waals surface area contributed by atoms with E-state index in [4.69, 9.17) is 0 Å². The number of rotatable bonds is 1. The fraction of sp³-hybridized carbons (Fsp3) is 0.500. The summed E-state index contributed by atoms with van der Waals surface area (Å²) < 4.78 is 0. The average molecular weight is 143 g/mol. The number of carbonyl (C=O) groups is 2. The Kier molecular flexibility index (Phi) is 1.61. The number of piperazine rings is 1. The van der Waals surface area contributed by atoms with Gasteiger partial charge in [-0.1, -0.05) is 0 Å². The maximum absolute atomic E-state index is 10.6. The number of carbonyl (C=O) groups excluding carboxylic acids is 2. The predicted molar refractivity (Wildman–Crippen MR) is 30.5 cm³/mol. The van der Waals surface area contributed by atoms with Crippen LogP contribution in [0.2, 0.25) is 0 Å². The van der Waals surface area contributed by atoms with E-state index in [1.54, 1.807) is 0 Å². The average Bonchev–Trinajstić information content (AvgIpc) is 1.95. The van der Waals surface area contributed by atoms with Gasteiger partial charge in [0.15, 0.2) is 0 Å². The van der Waals surface area contributed by atoms with Crippen LogP contribution in [0.1, 0.15) is 0 Å². The second kappa shape index (κ2) is 2.42. The second-order valence-corrected chi connectivity index (χ2v) is 1.77.